The van der Waals surface area contributed by atoms with Gasteiger partial charge in [0.05, 0.1) is 6.61 Å². The third kappa shape index (κ3) is 3.83. The molecule has 0 N–H and O–H groups in total. The fraction of sp³-hybridized carbons (Fsp3) is 0.750. The fourth-order valence-electron chi connectivity index (χ4n) is 1.91. The molecule has 0 atom stereocenters. The highest BCUT2D eigenvalue weighted by Crippen LogP contribution is 2.21. The monoisotopic (exact) mass is 209 g/mol. The van der Waals surface area contributed by atoms with E-state index in [9.17, 15) is 4.79 Å². The van der Waals surface area contributed by atoms with Crippen molar-refractivity contribution in [2.75, 3.05) is 19.7 Å². The van der Waals surface area contributed by atoms with E-state index in [0.29, 0.717) is 12.5 Å². The molecule has 1 saturated heterocycles. The number of carbonyl (C=O) groups excluding carboxylic acids is 1. The molecule has 0 saturated carbocycles. The number of nitrogens with zero attached hydrogens (tertiary/aromatic N) is 1. The lowest BCUT2D eigenvalue weighted by Gasteiger charge is -2.30. The van der Waals surface area contributed by atoms with E-state index in [2.05, 4.69) is 5.92 Å². The van der Waals surface area contributed by atoms with E-state index in [1.807, 2.05) is 6.92 Å². The summed E-state index contributed by atoms with van der Waals surface area (Å²) in [5.74, 6) is 3.35. The highest BCUT2D eigenvalue weighted by molar-refractivity contribution is 5.67. The Morgan fingerprint density at radius 2 is 2.20 bits per heavy atom. The summed E-state index contributed by atoms with van der Waals surface area (Å²) in [7, 11) is 0. The molecule has 1 aliphatic rings. The second-order valence-corrected chi connectivity index (χ2v) is 3.87. The molecule has 1 rings (SSSR count). The Kier molecular flexibility index (Phi) is 5.03. The highest BCUT2D eigenvalue weighted by Gasteiger charge is 2.22. The van der Waals surface area contributed by atoms with Crippen molar-refractivity contribution in [1.82, 2.24) is 4.90 Å². The molecule has 1 fully saturated rings. The molecular formula is C12H19NO2. The number of hydrogen-bond acceptors (Lipinski definition) is 2. The van der Waals surface area contributed by atoms with Crippen molar-refractivity contribution in [1.29, 1.82) is 0 Å². The van der Waals surface area contributed by atoms with E-state index in [0.717, 1.165) is 38.8 Å². The van der Waals surface area contributed by atoms with E-state index >= 15 is 0 Å². The van der Waals surface area contributed by atoms with Gasteiger partial charge in [-0.05, 0) is 32.1 Å². The first-order chi connectivity index (χ1) is 7.27. The second kappa shape index (κ2) is 6.34. The van der Waals surface area contributed by atoms with E-state index in [4.69, 9.17) is 11.2 Å². The number of piperidine rings is 1. The Balaban J connectivity index is 2.23. The van der Waals surface area contributed by atoms with Gasteiger partial charge in [-0.25, -0.2) is 4.79 Å². The van der Waals surface area contributed by atoms with Gasteiger partial charge in [-0.2, -0.15) is 0 Å². The van der Waals surface area contributed by atoms with Crippen LogP contribution in [0.1, 0.15) is 32.6 Å². The number of carbonyl (C=O) groups is 1. The molecule has 3 nitrogen and oxygen atoms in total. The number of terminal acetylenes is 1. The predicted octanol–water partition coefficient (Wildman–Crippen LogP) is 2.27. The molecule has 1 aliphatic heterocycles. The summed E-state index contributed by atoms with van der Waals surface area (Å²) in [6.07, 6.45) is 9.11. The van der Waals surface area contributed by atoms with Gasteiger partial charge in [-0.1, -0.05) is 0 Å². The Hall–Kier alpha value is -1.17. The van der Waals surface area contributed by atoms with Gasteiger partial charge in [0.15, 0.2) is 0 Å². The largest absolute Gasteiger partial charge is 0.450 e. The molecular weight excluding hydrogens is 190 g/mol. The SMILES string of the molecule is C#CCCC1CCN(C(=O)OCC)CC1. The molecule has 0 aromatic heterocycles. The molecule has 0 spiro atoms. The molecule has 0 unspecified atom stereocenters. The average molecular weight is 209 g/mol. The average Bonchev–Trinajstić information content (AvgIpc) is 2.27. The highest BCUT2D eigenvalue weighted by atomic mass is 16.6. The second-order valence-electron chi connectivity index (χ2n) is 3.87. The lowest BCUT2D eigenvalue weighted by Crippen LogP contribution is -2.38. The Morgan fingerprint density at radius 3 is 2.73 bits per heavy atom. The van der Waals surface area contributed by atoms with E-state index in [1.165, 1.54) is 0 Å². The van der Waals surface area contributed by atoms with Gasteiger partial charge < -0.3 is 9.64 Å². The van der Waals surface area contributed by atoms with Crippen molar-refractivity contribution in [3.05, 3.63) is 0 Å². The van der Waals surface area contributed by atoms with Gasteiger partial charge in [0.25, 0.3) is 0 Å². The van der Waals surface area contributed by atoms with Gasteiger partial charge in [0, 0.05) is 19.5 Å². The van der Waals surface area contributed by atoms with E-state index in [1.54, 1.807) is 4.90 Å². The van der Waals surface area contributed by atoms with Crippen LogP contribution in [0.2, 0.25) is 0 Å². The quantitative estimate of drug-likeness (QED) is 0.667. The summed E-state index contributed by atoms with van der Waals surface area (Å²) in [5, 5.41) is 0. The fourth-order valence-corrected chi connectivity index (χ4v) is 1.91. The molecule has 0 aliphatic carbocycles. The maximum Gasteiger partial charge on any atom is 0.409 e. The van der Waals surface area contributed by atoms with Crippen LogP contribution in [-0.2, 0) is 4.74 Å². The maximum atomic E-state index is 11.4. The normalized spacial score (nSPS) is 17.2. The Morgan fingerprint density at radius 1 is 1.53 bits per heavy atom. The Bertz CT molecular complexity index is 236. The minimum Gasteiger partial charge on any atom is -0.450 e. The molecule has 84 valence electrons. The van der Waals surface area contributed by atoms with Crippen molar-refractivity contribution in [2.45, 2.75) is 32.6 Å². The van der Waals surface area contributed by atoms with Gasteiger partial charge in [0.2, 0.25) is 0 Å². The summed E-state index contributed by atoms with van der Waals surface area (Å²) in [6.45, 7) is 3.91. The molecule has 15 heavy (non-hydrogen) atoms. The summed E-state index contributed by atoms with van der Waals surface area (Å²) in [6, 6.07) is 0. The van der Waals surface area contributed by atoms with Crippen LogP contribution in [0, 0.1) is 18.3 Å². The van der Waals surface area contributed by atoms with Gasteiger partial charge >= 0.3 is 6.09 Å². The minimum absolute atomic E-state index is 0.173. The van der Waals surface area contributed by atoms with Crippen molar-refractivity contribution in [3.8, 4) is 12.3 Å². The van der Waals surface area contributed by atoms with Crippen LogP contribution >= 0.6 is 0 Å². The first kappa shape index (κ1) is 11.9. The van der Waals surface area contributed by atoms with Crippen molar-refractivity contribution >= 4 is 6.09 Å². The summed E-state index contributed by atoms with van der Waals surface area (Å²) in [4.78, 5) is 13.2. The first-order valence-electron chi connectivity index (χ1n) is 5.63. The zero-order chi connectivity index (χ0) is 11.1. The van der Waals surface area contributed by atoms with Crippen molar-refractivity contribution in [3.63, 3.8) is 0 Å². The third-order valence-corrected chi connectivity index (χ3v) is 2.84. The molecule has 0 aromatic carbocycles. The summed E-state index contributed by atoms with van der Waals surface area (Å²) in [5.41, 5.74) is 0. The molecule has 0 bridgehead atoms. The lowest BCUT2D eigenvalue weighted by atomic mass is 9.92. The third-order valence-electron chi connectivity index (χ3n) is 2.84. The van der Waals surface area contributed by atoms with Crippen LogP contribution in [0.4, 0.5) is 4.79 Å². The lowest BCUT2D eigenvalue weighted by molar-refractivity contribution is 0.0911. The molecule has 1 amide bonds. The van der Waals surface area contributed by atoms with Crippen LogP contribution in [0.5, 0.6) is 0 Å². The number of amides is 1. The summed E-state index contributed by atoms with van der Waals surface area (Å²) >= 11 is 0. The molecule has 1 heterocycles. The number of rotatable bonds is 3. The maximum absolute atomic E-state index is 11.4. The van der Waals surface area contributed by atoms with Crippen molar-refractivity contribution < 1.29 is 9.53 Å². The van der Waals surface area contributed by atoms with Crippen LogP contribution in [0.25, 0.3) is 0 Å². The zero-order valence-corrected chi connectivity index (χ0v) is 9.37. The first-order valence-corrected chi connectivity index (χ1v) is 5.63. The summed E-state index contributed by atoms with van der Waals surface area (Å²) < 4.78 is 4.95. The predicted molar refractivity (Wildman–Crippen MR) is 59.4 cm³/mol. The number of hydrogen-bond donors (Lipinski definition) is 0. The van der Waals surface area contributed by atoms with Crippen LogP contribution in [-0.4, -0.2) is 30.7 Å². The zero-order valence-electron chi connectivity index (χ0n) is 9.37. The van der Waals surface area contributed by atoms with Gasteiger partial charge in [0.1, 0.15) is 0 Å². The number of ether oxygens (including phenoxy) is 1. The van der Waals surface area contributed by atoms with Crippen LogP contribution in [0.15, 0.2) is 0 Å². The van der Waals surface area contributed by atoms with Crippen LogP contribution < -0.4 is 0 Å². The van der Waals surface area contributed by atoms with Gasteiger partial charge in [-0.15, -0.1) is 12.3 Å². The van der Waals surface area contributed by atoms with E-state index in [-0.39, 0.29) is 6.09 Å². The molecule has 3 heteroatoms. The minimum atomic E-state index is -0.173. The van der Waals surface area contributed by atoms with Crippen molar-refractivity contribution in [2.24, 2.45) is 5.92 Å². The Labute approximate surface area is 91.8 Å². The van der Waals surface area contributed by atoms with Gasteiger partial charge in [-0.3, -0.25) is 0 Å². The molecule has 0 radical (unpaired) electrons. The molecule has 0 aromatic rings. The topological polar surface area (TPSA) is 29.5 Å². The smallest absolute Gasteiger partial charge is 0.409 e. The number of likely N-dealkylation sites (tertiary alicyclic amines) is 1. The standard InChI is InChI=1S/C12H19NO2/c1-3-5-6-11-7-9-13(10-8-11)12(14)15-4-2/h1,11H,4-10H2,2H3. The van der Waals surface area contributed by atoms with E-state index < -0.39 is 0 Å². The van der Waals surface area contributed by atoms with Crippen LogP contribution in [0.3, 0.4) is 0 Å².